The molecule has 0 aromatic heterocycles. The van der Waals surface area contributed by atoms with Gasteiger partial charge in [-0.2, -0.15) is 0 Å². The molecule has 0 aliphatic rings. The normalized spacial score (nSPS) is 10.5. The summed E-state index contributed by atoms with van der Waals surface area (Å²) in [5.41, 5.74) is 3.00. The Morgan fingerprint density at radius 1 is 1.00 bits per heavy atom. The molecule has 168 valence electrons. The van der Waals surface area contributed by atoms with Gasteiger partial charge in [-0.25, -0.2) is 9.18 Å². The number of halogens is 1. The fourth-order valence-electron chi connectivity index (χ4n) is 3.28. The van der Waals surface area contributed by atoms with Crippen molar-refractivity contribution in [2.24, 2.45) is 0 Å². The maximum absolute atomic E-state index is 13.3. The summed E-state index contributed by atoms with van der Waals surface area (Å²) in [5, 5.41) is 5.70. The Hall–Kier alpha value is -3.09. The zero-order valence-electron chi connectivity index (χ0n) is 18.9. The van der Waals surface area contributed by atoms with Crippen molar-refractivity contribution in [3.63, 3.8) is 0 Å². The molecule has 0 bridgehead atoms. The molecule has 2 aromatic carbocycles. The van der Waals surface area contributed by atoms with Gasteiger partial charge in [0, 0.05) is 50.7 Å². The van der Waals surface area contributed by atoms with E-state index >= 15 is 0 Å². The Morgan fingerprint density at radius 3 is 2.32 bits per heavy atom. The van der Waals surface area contributed by atoms with Gasteiger partial charge in [0.05, 0.1) is 0 Å². The van der Waals surface area contributed by atoms with Crippen LogP contribution in [0.5, 0.6) is 0 Å². The van der Waals surface area contributed by atoms with Gasteiger partial charge in [0.2, 0.25) is 0 Å². The van der Waals surface area contributed by atoms with Gasteiger partial charge in [0.15, 0.2) is 0 Å². The van der Waals surface area contributed by atoms with E-state index in [0.717, 1.165) is 30.5 Å². The molecule has 2 aromatic rings. The van der Waals surface area contributed by atoms with Crippen LogP contribution in [0, 0.1) is 5.82 Å². The SMILES string of the molecule is CCCCNC(=O)Nc1ccc(N(C)C)c(CN(CCC)C(=O)c2ccc(F)cc2)c1. The van der Waals surface area contributed by atoms with Crippen LogP contribution in [-0.4, -0.2) is 44.0 Å². The summed E-state index contributed by atoms with van der Waals surface area (Å²) in [6.07, 6.45) is 2.73. The Labute approximate surface area is 184 Å². The first-order valence-electron chi connectivity index (χ1n) is 10.8. The summed E-state index contributed by atoms with van der Waals surface area (Å²) < 4.78 is 13.3. The largest absolute Gasteiger partial charge is 0.377 e. The third-order valence-electron chi connectivity index (χ3n) is 4.87. The van der Waals surface area contributed by atoms with Gasteiger partial charge < -0.3 is 20.4 Å². The van der Waals surface area contributed by atoms with Crippen LogP contribution in [0.4, 0.5) is 20.6 Å². The molecule has 0 fully saturated rings. The molecule has 0 heterocycles. The quantitative estimate of drug-likeness (QED) is 0.531. The summed E-state index contributed by atoms with van der Waals surface area (Å²) in [4.78, 5) is 28.9. The molecule has 0 saturated heterocycles. The van der Waals surface area contributed by atoms with E-state index in [1.165, 1.54) is 24.3 Å². The number of nitrogens with one attached hydrogen (secondary N) is 2. The van der Waals surface area contributed by atoms with E-state index in [2.05, 4.69) is 17.6 Å². The lowest BCUT2D eigenvalue weighted by Gasteiger charge is -2.26. The highest BCUT2D eigenvalue weighted by atomic mass is 19.1. The zero-order valence-corrected chi connectivity index (χ0v) is 18.9. The number of hydrogen-bond acceptors (Lipinski definition) is 3. The van der Waals surface area contributed by atoms with Gasteiger partial charge in [0.1, 0.15) is 5.82 Å². The average Bonchev–Trinajstić information content (AvgIpc) is 2.73. The van der Waals surface area contributed by atoms with Gasteiger partial charge in [-0.3, -0.25) is 4.79 Å². The highest BCUT2D eigenvalue weighted by Crippen LogP contribution is 2.25. The van der Waals surface area contributed by atoms with Crippen molar-refractivity contribution >= 4 is 23.3 Å². The van der Waals surface area contributed by atoms with Crippen molar-refractivity contribution in [1.29, 1.82) is 0 Å². The topological polar surface area (TPSA) is 64.7 Å². The number of unbranched alkanes of at least 4 members (excludes halogenated alkanes) is 1. The first kappa shape index (κ1) is 24.2. The molecule has 2 N–H and O–H groups in total. The summed E-state index contributed by atoms with van der Waals surface area (Å²) in [5.74, 6) is -0.522. The van der Waals surface area contributed by atoms with Gasteiger partial charge in [-0.05, 0) is 60.9 Å². The molecule has 6 nitrogen and oxygen atoms in total. The molecular weight excluding hydrogens is 395 g/mol. The number of amides is 3. The van der Waals surface area contributed by atoms with Crippen LogP contribution in [0.25, 0.3) is 0 Å². The van der Waals surface area contributed by atoms with Crippen LogP contribution >= 0.6 is 0 Å². The molecule has 2 rings (SSSR count). The molecule has 0 aliphatic heterocycles. The molecule has 0 unspecified atom stereocenters. The van der Waals surface area contributed by atoms with E-state index in [4.69, 9.17) is 0 Å². The van der Waals surface area contributed by atoms with Gasteiger partial charge in [-0.15, -0.1) is 0 Å². The zero-order chi connectivity index (χ0) is 22.8. The van der Waals surface area contributed by atoms with E-state index in [9.17, 15) is 14.0 Å². The maximum atomic E-state index is 13.3. The highest BCUT2D eigenvalue weighted by molar-refractivity contribution is 5.94. The monoisotopic (exact) mass is 428 g/mol. The predicted molar refractivity (Wildman–Crippen MR) is 124 cm³/mol. The Morgan fingerprint density at radius 2 is 1.71 bits per heavy atom. The van der Waals surface area contributed by atoms with E-state index in [1.807, 2.05) is 44.1 Å². The molecule has 0 aliphatic carbocycles. The third kappa shape index (κ3) is 7.27. The highest BCUT2D eigenvalue weighted by Gasteiger charge is 2.18. The van der Waals surface area contributed by atoms with Gasteiger partial charge >= 0.3 is 6.03 Å². The lowest BCUT2D eigenvalue weighted by Crippen LogP contribution is -2.32. The van der Waals surface area contributed by atoms with Crippen molar-refractivity contribution in [3.8, 4) is 0 Å². The second kappa shape index (κ2) is 11.9. The van der Waals surface area contributed by atoms with Crippen LogP contribution < -0.4 is 15.5 Å². The molecule has 0 radical (unpaired) electrons. The third-order valence-corrected chi connectivity index (χ3v) is 4.87. The van der Waals surface area contributed by atoms with Crippen LogP contribution in [0.15, 0.2) is 42.5 Å². The summed E-state index contributed by atoms with van der Waals surface area (Å²) in [6, 6.07) is 11.0. The minimum Gasteiger partial charge on any atom is -0.377 e. The number of hydrogen-bond donors (Lipinski definition) is 2. The van der Waals surface area contributed by atoms with Crippen LogP contribution in [0.1, 0.15) is 49.0 Å². The fraction of sp³-hybridized carbons (Fsp3) is 0.417. The molecule has 7 heteroatoms. The summed E-state index contributed by atoms with van der Waals surface area (Å²) in [6.45, 7) is 5.65. The molecular formula is C24H33FN4O2. The van der Waals surface area contributed by atoms with E-state index < -0.39 is 0 Å². The van der Waals surface area contributed by atoms with Gasteiger partial charge in [-0.1, -0.05) is 20.3 Å². The maximum Gasteiger partial charge on any atom is 0.319 e. The standard InChI is InChI=1S/C24H33FN4O2/c1-5-7-14-26-24(31)27-21-12-13-22(28(3)4)19(16-21)17-29(15-6-2)23(30)18-8-10-20(25)11-9-18/h8-13,16H,5-7,14-15,17H2,1-4H3,(H2,26,27,31). The number of rotatable bonds is 10. The van der Waals surface area contributed by atoms with Crippen molar-refractivity contribution in [2.75, 3.05) is 37.4 Å². The molecule has 0 saturated carbocycles. The van der Waals surface area contributed by atoms with E-state index in [0.29, 0.717) is 30.9 Å². The van der Waals surface area contributed by atoms with Crippen LogP contribution in [0.3, 0.4) is 0 Å². The molecule has 3 amide bonds. The minimum absolute atomic E-state index is 0.151. The molecule has 31 heavy (non-hydrogen) atoms. The second-order valence-electron chi connectivity index (χ2n) is 7.71. The fourth-order valence-corrected chi connectivity index (χ4v) is 3.28. The first-order valence-corrected chi connectivity index (χ1v) is 10.8. The first-order chi connectivity index (χ1) is 14.8. The van der Waals surface area contributed by atoms with Crippen molar-refractivity contribution < 1.29 is 14.0 Å². The van der Waals surface area contributed by atoms with E-state index in [1.54, 1.807) is 4.90 Å². The van der Waals surface area contributed by atoms with Crippen LogP contribution in [-0.2, 0) is 6.54 Å². The number of carbonyl (C=O) groups is 2. The number of benzene rings is 2. The summed E-state index contributed by atoms with van der Waals surface area (Å²) >= 11 is 0. The molecule has 0 spiro atoms. The number of carbonyl (C=O) groups excluding carboxylic acids is 2. The number of urea groups is 1. The Bertz CT molecular complexity index is 868. The lowest BCUT2D eigenvalue weighted by atomic mass is 10.1. The Balaban J connectivity index is 2.24. The predicted octanol–water partition coefficient (Wildman–Crippen LogP) is 4.87. The average molecular weight is 429 g/mol. The summed E-state index contributed by atoms with van der Waals surface area (Å²) in [7, 11) is 3.88. The Kier molecular flexibility index (Phi) is 9.31. The number of anilines is 2. The van der Waals surface area contributed by atoms with Crippen molar-refractivity contribution in [3.05, 3.63) is 59.4 Å². The van der Waals surface area contributed by atoms with Crippen molar-refractivity contribution in [2.45, 2.75) is 39.7 Å². The molecule has 0 atom stereocenters. The second-order valence-corrected chi connectivity index (χ2v) is 7.71. The number of nitrogens with zero attached hydrogens (tertiary/aromatic N) is 2. The van der Waals surface area contributed by atoms with Crippen LogP contribution in [0.2, 0.25) is 0 Å². The van der Waals surface area contributed by atoms with Crippen molar-refractivity contribution in [1.82, 2.24) is 10.2 Å². The smallest absolute Gasteiger partial charge is 0.319 e. The van der Waals surface area contributed by atoms with E-state index in [-0.39, 0.29) is 17.8 Å². The van der Waals surface area contributed by atoms with Gasteiger partial charge in [0.25, 0.3) is 5.91 Å². The lowest BCUT2D eigenvalue weighted by molar-refractivity contribution is 0.0743. The minimum atomic E-state index is -0.371.